The first-order chi connectivity index (χ1) is 9.36. The number of hydrogen-bond donors (Lipinski definition) is 0. The van der Waals surface area contributed by atoms with Crippen LogP contribution in [-0.2, 0) is 9.31 Å². The van der Waals surface area contributed by atoms with Crippen LogP contribution in [0.25, 0.3) is 5.65 Å². The lowest BCUT2D eigenvalue weighted by Gasteiger charge is -2.32. The van der Waals surface area contributed by atoms with Crippen LogP contribution in [0.4, 0.5) is 0 Å². The minimum atomic E-state index is -0.461. The van der Waals surface area contributed by atoms with E-state index >= 15 is 0 Å². The normalized spacial score (nSPS) is 20.6. The molecule has 2 aromatic heterocycles. The van der Waals surface area contributed by atoms with Gasteiger partial charge in [0.15, 0.2) is 11.5 Å². The Morgan fingerprint density at radius 3 is 2.40 bits per heavy atom. The topological polar surface area (TPSA) is 57.9 Å². The summed E-state index contributed by atoms with van der Waals surface area (Å²) in [5, 5.41) is 8.08. The first-order valence-electron chi connectivity index (χ1n) is 6.58. The van der Waals surface area contributed by atoms with E-state index in [1.807, 2.05) is 39.8 Å². The molecule has 0 aliphatic carbocycles. The molecular formula is C13H18BN3O3. The van der Waals surface area contributed by atoms with Crippen LogP contribution in [0.2, 0.25) is 0 Å². The molecule has 0 bridgehead atoms. The number of methoxy groups -OCH3 is 1. The highest BCUT2D eigenvalue weighted by Crippen LogP contribution is 2.36. The maximum atomic E-state index is 6.06. The van der Waals surface area contributed by atoms with Gasteiger partial charge in [-0.05, 0) is 33.8 Å². The molecule has 106 valence electrons. The lowest BCUT2D eigenvalue weighted by Crippen LogP contribution is -2.41. The molecule has 3 heterocycles. The fourth-order valence-electron chi connectivity index (χ4n) is 2.23. The van der Waals surface area contributed by atoms with Gasteiger partial charge >= 0.3 is 7.12 Å². The van der Waals surface area contributed by atoms with E-state index in [0.29, 0.717) is 11.5 Å². The Morgan fingerprint density at radius 2 is 1.80 bits per heavy atom. The van der Waals surface area contributed by atoms with Crippen LogP contribution in [0, 0.1) is 0 Å². The monoisotopic (exact) mass is 275 g/mol. The number of rotatable bonds is 2. The summed E-state index contributed by atoms with van der Waals surface area (Å²) in [6.07, 6.45) is 1.61. The van der Waals surface area contributed by atoms with Gasteiger partial charge in [0, 0.05) is 5.46 Å². The zero-order chi connectivity index (χ0) is 14.5. The zero-order valence-corrected chi connectivity index (χ0v) is 12.4. The Bertz CT molecular complexity index is 637. The average Bonchev–Trinajstić information content (AvgIpc) is 2.91. The lowest BCUT2D eigenvalue weighted by atomic mass is 9.79. The molecule has 3 rings (SSSR count). The maximum Gasteiger partial charge on any atom is 0.498 e. The van der Waals surface area contributed by atoms with Gasteiger partial charge < -0.3 is 14.0 Å². The van der Waals surface area contributed by atoms with E-state index in [-0.39, 0.29) is 11.2 Å². The number of nitrogens with zero attached hydrogens (tertiary/aromatic N) is 3. The highest BCUT2D eigenvalue weighted by Gasteiger charge is 2.52. The molecule has 1 aliphatic heterocycles. The molecule has 0 spiro atoms. The van der Waals surface area contributed by atoms with Gasteiger partial charge in [-0.3, -0.25) is 4.40 Å². The van der Waals surface area contributed by atoms with Crippen molar-refractivity contribution in [2.24, 2.45) is 0 Å². The molecule has 0 saturated carbocycles. The summed E-state index contributed by atoms with van der Waals surface area (Å²) in [5.74, 6) is 0.672. The number of pyridine rings is 1. The van der Waals surface area contributed by atoms with Crippen molar-refractivity contribution in [3.8, 4) is 5.88 Å². The van der Waals surface area contributed by atoms with E-state index in [9.17, 15) is 0 Å². The summed E-state index contributed by atoms with van der Waals surface area (Å²) in [4.78, 5) is 0. The molecule has 0 amide bonds. The van der Waals surface area contributed by atoms with Gasteiger partial charge in [0.25, 0.3) is 0 Å². The van der Waals surface area contributed by atoms with E-state index in [4.69, 9.17) is 14.0 Å². The molecule has 0 radical (unpaired) electrons. The van der Waals surface area contributed by atoms with Crippen molar-refractivity contribution in [1.29, 1.82) is 0 Å². The number of fused-ring (bicyclic) bond motifs is 1. The van der Waals surface area contributed by atoms with Crippen molar-refractivity contribution in [2.45, 2.75) is 38.9 Å². The predicted molar refractivity (Wildman–Crippen MR) is 75.3 cm³/mol. The molecule has 1 saturated heterocycles. The summed E-state index contributed by atoms with van der Waals surface area (Å²) in [6.45, 7) is 8.10. The van der Waals surface area contributed by atoms with E-state index in [0.717, 1.165) is 5.46 Å². The van der Waals surface area contributed by atoms with Crippen molar-refractivity contribution >= 4 is 18.2 Å². The smallest absolute Gasteiger partial charge is 0.482 e. The quantitative estimate of drug-likeness (QED) is 0.766. The number of hydrogen-bond acceptors (Lipinski definition) is 5. The summed E-state index contributed by atoms with van der Waals surface area (Å²) in [6, 6.07) is 3.77. The predicted octanol–water partition coefficient (Wildman–Crippen LogP) is 1.04. The van der Waals surface area contributed by atoms with Gasteiger partial charge in [0.1, 0.15) is 6.33 Å². The minimum Gasteiger partial charge on any atom is -0.482 e. The number of ether oxygens (including phenoxy) is 1. The minimum absolute atomic E-state index is 0.380. The van der Waals surface area contributed by atoms with Gasteiger partial charge in [0.2, 0.25) is 0 Å². The van der Waals surface area contributed by atoms with Crippen LogP contribution in [0.1, 0.15) is 27.7 Å². The molecule has 0 aromatic carbocycles. The molecule has 2 aromatic rings. The average molecular weight is 275 g/mol. The van der Waals surface area contributed by atoms with Crippen molar-refractivity contribution < 1.29 is 14.0 Å². The second-order valence-corrected chi connectivity index (χ2v) is 5.94. The van der Waals surface area contributed by atoms with Gasteiger partial charge in [-0.25, -0.2) is 0 Å². The Hall–Kier alpha value is -1.60. The second kappa shape index (κ2) is 4.20. The van der Waals surface area contributed by atoms with E-state index < -0.39 is 7.12 Å². The molecular weight excluding hydrogens is 257 g/mol. The first kappa shape index (κ1) is 13.4. The molecule has 0 N–H and O–H groups in total. The fraction of sp³-hybridized carbons (Fsp3) is 0.538. The summed E-state index contributed by atoms with van der Waals surface area (Å²) >= 11 is 0. The molecule has 0 atom stereocenters. The highest BCUT2D eigenvalue weighted by atomic mass is 16.7. The molecule has 20 heavy (non-hydrogen) atoms. The SMILES string of the molecule is COc1ccc(B2OC(C)(C)C(C)(C)O2)c2nncn12. The highest BCUT2D eigenvalue weighted by molar-refractivity contribution is 6.64. The molecule has 6 nitrogen and oxygen atoms in total. The molecule has 0 unspecified atom stereocenters. The van der Waals surface area contributed by atoms with Crippen molar-refractivity contribution in [3.05, 3.63) is 18.5 Å². The Kier molecular flexibility index (Phi) is 2.81. The third kappa shape index (κ3) is 1.81. The van der Waals surface area contributed by atoms with E-state index in [2.05, 4.69) is 10.2 Å². The fourth-order valence-corrected chi connectivity index (χ4v) is 2.23. The Labute approximate surface area is 118 Å². The van der Waals surface area contributed by atoms with E-state index in [1.54, 1.807) is 17.8 Å². The second-order valence-electron chi connectivity index (χ2n) is 5.94. The summed E-state index contributed by atoms with van der Waals surface area (Å²) in [7, 11) is 1.15. The lowest BCUT2D eigenvalue weighted by molar-refractivity contribution is 0.00578. The summed E-state index contributed by atoms with van der Waals surface area (Å²) in [5.41, 5.74) is 0.772. The maximum absolute atomic E-state index is 6.06. The molecule has 1 fully saturated rings. The first-order valence-corrected chi connectivity index (χ1v) is 6.58. The van der Waals surface area contributed by atoms with Crippen molar-refractivity contribution in [2.75, 3.05) is 7.11 Å². The van der Waals surface area contributed by atoms with Gasteiger partial charge in [-0.2, -0.15) is 0 Å². The Morgan fingerprint density at radius 1 is 1.15 bits per heavy atom. The number of aromatic nitrogens is 3. The standard InChI is InChI=1S/C13H18BN3O3/c1-12(2)13(3,4)20-14(19-12)9-6-7-10(18-5)17-8-15-16-11(9)17/h6-8H,1-5H3. The van der Waals surface area contributed by atoms with Gasteiger partial charge in [-0.1, -0.05) is 6.07 Å². The third-order valence-electron chi connectivity index (χ3n) is 4.17. The van der Waals surface area contributed by atoms with Gasteiger partial charge in [-0.15, -0.1) is 10.2 Å². The summed E-state index contributed by atoms with van der Waals surface area (Å²) < 4.78 is 19.2. The largest absolute Gasteiger partial charge is 0.498 e. The van der Waals surface area contributed by atoms with Crippen LogP contribution in [0.15, 0.2) is 18.5 Å². The molecule has 1 aliphatic rings. The Balaban J connectivity index is 2.07. The van der Waals surface area contributed by atoms with Crippen LogP contribution < -0.4 is 10.2 Å². The molecule has 7 heteroatoms. The van der Waals surface area contributed by atoms with Crippen molar-refractivity contribution in [1.82, 2.24) is 14.6 Å². The van der Waals surface area contributed by atoms with E-state index in [1.165, 1.54) is 0 Å². The van der Waals surface area contributed by atoms with Crippen molar-refractivity contribution in [3.63, 3.8) is 0 Å². The van der Waals surface area contributed by atoms with Crippen LogP contribution in [0.5, 0.6) is 5.88 Å². The van der Waals surface area contributed by atoms with Crippen LogP contribution >= 0.6 is 0 Å². The van der Waals surface area contributed by atoms with Crippen LogP contribution in [-0.4, -0.2) is 40.0 Å². The third-order valence-corrected chi connectivity index (χ3v) is 4.17. The van der Waals surface area contributed by atoms with Crippen LogP contribution in [0.3, 0.4) is 0 Å². The zero-order valence-electron chi connectivity index (χ0n) is 12.4. The van der Waals surface area contributed by atoms with Gasteiger partial charge in [0.05, 0.1) is 18.3 Å².